The van der Waals surface area contributed by atoms with E-state index in [0.29, 0.717) is 11.9 Å². The van der Waals surface area contributed by atoms with E-state index in [1.165, 1.54) is 44.9 Å². The third-order valence-corrected chi connectivity index (χ3v) is 4.89. The Morgan fingerprint density at radius 1 is 1.11 bits per heavy atom. The number of rotatable bonds is 6. The maximum atomic E-state index is 12.1. The molecule has 1 aliphatic heterocycles. The van der Waals surface area contributed by atoms with Gasteiger partial charge in [0.25, 0.3) is 0 Å². The summed E-state index contributed by atoms with van der Waals surface area (Å²) in [6.45, 7) is 2.07. The number of carbonyl (C=O) groups excluding carboxylic acids is 1. The summed E-state index contributed by atoms with van der Waals surface area (Å²) in [4.78, 5) is 14.0. The maximum Gasteiger partial charge on any atom is 0.222 e. The third-order valence-electron chi connectivity index (χ3n) is 4.89. The minimum absolute atomic E-state index is 0.350. The number of piperidine rings is 1. The van der Waals surface area contributed by atoms with Crippen LogP contribution in [0.5, 0.6) is 0 Å². The van der Waals surface area contributed by atoms with E-state index in [2.05, 4.69) is 5.32 Å². The number of nitrogens with one attached hydrogen (secondary N) is 1. The van der Waals surface area contributed by atoms with E-state index in [1.807, 2.05) is 11.9 Å². The molecule has 1 unspecified atom stereocenters. The monoisotopic (exact) mass is 266 g/mol. The molecule has 1 aliphatic carbocycles. The standard InChI is InChI=1S/C16H30N2O/c1-18(13-11-15-8-4-5-12-17-15)16(19)10-9-14-6-2-3-7-14/h14-15,17H,2-13H2,1H3. The van der Waals surface area contributed by atoms with Gasteiger partial charge < -0.3 is 10.2 Å². The zero-order chi connectivity index (χ0) is 13.5. The Kier molecular flexibility index (Phi) is 6.15. The molecule has 110 valence electrons. The number of amides is 1. The third kappa shape index (κ3) is 5.13. The SMILES string of the molecule is CN(CCC1CCCCN1)C(=O)CCC1CCCC1. The first kappa shape index (κ1) is 14.8. The van der Waals surface area contributed by atoms with Crippen molar-refractivity contribution in [1.82, 2.24) is 10.2 Å². The Balaban J connectivity index is 1.58. The number of nitrogens with zero attached hydrogens (tertiary/aromatic N) is 1. The lowest BCUT2D eigenvalue weighted by molar-refractivity contribution is -0.130. The summed E-state index contributed by atoms with van der Waals surface area (Å²) in [5.74, 6) is 1.18. The molecule has 0 aromatic rings. The first-order valence-electron chi connectivity index (χ1n) is 8.23. The average Bonchev–Trinajstić information content (AvgIpc) is 2.96. The number of hydrogen-bond donors (Lipinski definition) is 1. The van der Waals surface area contributed by atoms with Crippen LogP contribution >= 0.6 is 0 Å². The van der Waals surface area contributed by atoms with E-state index in [1.54, 1.807) is 0 Å². The van der Waals surface area contributed by atoms with Crippen LogP contribution in [0.4, 0.5) is 0 Å². The summed E-state index contributed by atoms with van der Waals surface area (Å²) in [6.07, 6.45) is 12.4. The van der Waals surface area contributed by atoms with E-state index >= 15 is 0 Å². The van der Waals surface area contributed by atoms with Gasteiger partial charge in [-0.1, -0.05) is 32.1 Å². The lowest BCUT2D eigenvalue weighted by atomic mass is 10.0. The zero-order valence-electron chi connectivity index (χ0n) is 12.5. The van der Waals surface area contributed by atoms with Crippen molar-refractivity contribution in [3.8, 4) is 0 Å². The van der Waals surface area contributed by atoms with Gasteiger partial charge in [0.1, 0.15) is 0 Å². The fourth-order valence-corrected chi connectivity index (χ4v) is 3.46. The second-order valence-electron chi connectivity index (χ2n) is 6.44. The van der Waals surface area contributed by atoms with E-state index in [9.17, 15) is 4.79 Å². The van der Waals surface area contributed by atoms with Gasteiger partial charge >= 0.3 is 0 Å². The van der Waals surface area contributed by atoms with Gasteiger partial charge in [0.15, 0.2) is 0 Å². The van der Waals surface area contributed by atoms with Crippen molar-refractivity contribution >= 4 is 5.91 Å². The topological polar surface area (TPSA) is 32.3 Å². The van der Waals surface area contributed by atoms with Gasteiger partial charge in [-0.2, -0.15) is 0 Å². The fourth-order valence-electron chi connectivity index (χ4n) is 3.46. The predicted octanol–water partition coefficient (Wildman–Crippen LogP) is 2.95. The lowest BCUT2D eigenvalue weighted by Gasteiger charge is -2.26. The summed E-state index contributed by atoms with van der Waals surface area (Å²) in [6, 6.07) is 0.638. The van der Waals surface area contributed by atoms with E-state index in [0.717, 1.165) is 38.3 Å². The highest BCUT2D eigenvalue weighted by atomic mass is 16.2. The summed E-state index contributed by atoms with van der Waals surface area (Å²) in [5.41, 5.74) is 0. The molecule has 19 heavy (non-hydrogen) atoms. The van der Waals surface area contributed by atoms with Crippen LogP contribution in [0.1, 0.15) is 64.2 Å². The number of hydrogen-bond acceptors (Lipinski definition) is 2. The van der Waals surface area contributed by atoms with Crippen LogP contribution in [0.3, 0.4) is 0 Å². The minimum Gasteiger partial charge on any atom is -0.346 e. The van der Waals surface area contributed by atoms with Gasteiger partial charge in [0.2, 0.25) is 5.91 Å². The first-order chi connectivity index (χ1) is 9.25. The van der Waals surface area contributed by atoms with Crippen molar-refractivity contribution in [1.29, 1.82) is 0 Å². The summed E-state index contributed by atoms with van der Waals surface area (Å²) >= 11 is 0. The second kappa shape index (κ2) is 7.88. The van der Waals surface area contributed by atoms with Gasteiger partial charge in [-0.15, -0.1) is 0 Å². The van der Waals surface area contributed by atoms with Crippen molar-refractivity contribution in [3.05, 3.63) is 0 Å². The Hall–Kier alpha value is -0.570. The molecule has 3 heteroatoms. The molecule has 2 rings (SSSR count). The van der Waals surface area contributed by atoms with Gasteiger partial charge in [-0.25, -0.2) is 0 Å². The molecule has 0 radical (unpaired) electrons. The highest BCUT2D eigenvalue weighted by Gasteiger charge is 2.18. The Morgan fingerprint density at radius 3 is 2.53 bits per heavy atom. The van der Waals surface area contributed by atoms with Gasteiger partial charge in [0, 0.05) is 26.1 Å². The van der Waals surface area contributed by atoms with Gasteiger partial charge in [-0.05, 0) is 38.1 Å². The van der Waals surface area contributed by atoms with Crippen LogP contribution in [-0.4, -0.2) is 37.0 Å². The van der Waals surface area contributed by atoms with E-state index < -0.39 is 0 Å². The van der Waals surface area contributed by atoms with E-state index in [-0.39, 0.29) is 0 Å². The Labute approximate surface area is 118 Å². The molecular weight excluding hydrogens is 236 g/mol. The van der Waals surface area contributed by atoms with Crippen molar-refractivity contribution in [2.75, 3.05) is 20.1 Å². The van der Waals surface area contributed by atoms with Crippen LogP contribution in [-0.2, 0) is 4.79 Å². The first-order valence-corrected chi connectivity index (χ1v) is 8.23. The summed E-state index contributed by atoms with van der Waals surface area (Å²) < 4.78 is 0. The molecule has 0 aromatic carbocycles. The quantitative estimate of drug-likeness (QED) is 0.801. The Morgan fingerprint density at radius 2 is 1.84 bits per heavy atom. The molecule has 1 saturated carbocycles. The molecule has 2 aliphatic rings. The molecule has 0 bridgehead atoms. The van der Waals surface area contributed by atoms with Crippen molar-refractivity contribution in [3.63, 3.8) is 0 Å². The normalized spacial score (nSPS) is 24.6. The highest BCUT2D eigenvalue weighted by Crippen LogP contribution is 2.28. The average molecular weight is 266 g/mol. The lowest BCUT2D eigenvalue weighted by Crippen LogP contribution is -2.38. The maximum absolute atomic E-state index is 12.1. The molecule has 0 spiro atoms. The molecule has 1 heterocycles. The second-order valence-corrected chi connectivity index (χ2v) is 6.44. The van der Waals surface area contributed by atoms with Crippen LogP contribution < -0.4 is 5.32 Å². The van der Waals surface area contributed by atoms with Crippen LogP contribution in [0.15, 0.2) is 0 Å². The molecular formula is C16H30N2O. The zero-order valence-corrected chi connectivity index (χ0v) is 12.5. The minimum atomic E-state index is 0.350. The molecule has 1 saturated heterocycles. The molecule has 1 atom stereocenters. The molecule has 1 amide bonds. The van der Waals surface area contributed by atoms with Crippen molar-refractivity contribution in [2.24, 2.45) is 5.92 Å². The molecule has 3 nitrogen and oxygen atoms in total. The van der Waals surface area contributed by atoms with E-state index in [4.69, 9.17) is 0 Å². The fraction of sp³-hybridized carbons (Fsp3) is 0.938. The molecule has 2 fully saturated rings. The Bertz CT molecular complexity index is 268. The van der Waals surface area contributed by atoms with Gasteiger partial charge in [-0.3, -0.25) is 4.79 Å². The summed E-state index contributed by atoms with van der Waals surface area (Å²) in [5, 5.41) is 3.55. The van der Waals surface area contributed by atoms with Crippen molar-refractivity contribution < 1.29 is 4.79 Å². The predicted molar refractivity (Wildman–Crippen MR) is 79.1 cm³/mol. The van der Waals surface area contributed by atoms with Crippen LogP contribution in [0.2, 0.25) is 0 Å². The summed E-state index contributed by atoms with van der Waals surface area (Å²) in [7, 11) is 1.97. The highest BCUT2D eigenvalue weighted by molar-refractivity contribution is 5.75. The largest absolute Gasteiger partial charge is 0.346 e. The smallest absolute Gasteiger partial charge is 0.222 e. The molecule has 0 aromatic heterocycles. The van der Waals surface area contributed by atoms with Crippen LogP contribution in [0.25, 0.3) is 0 Å². The van der Waals surface area contributed by atoms with Crippen molar-refractivity contribution in [2.45, 2.75) is 70.3 Å². The molecule has 1 N–H and O–H groups in total. The van der Waals surface area contributed by atoms with Crippen LogP contribution in [0, 0.1) is 5.92 Å². The number of carbonyl (C=O) groups is 1. The van der Waals surface area contributed by atoms with Gasteiger partial charge in [0.05, 0.1) is 0 Å².